The molecule has 11 nitrogen and oxygen atoms in total. The molecule has 4 N–H and O–H groups in total. The maximum absolute atomic E-state index is 10.9. The smallest absolute Gasteiger partial charge is 0.274 e. The van der Waals surface area contributed by atoms with E-state index in [9.17, 15) is 20.5 Å². The molecule has 2 aromatic rings. The molecule has 0 bridgehead atoms. The van der Waals surface area contributed by atoms with E-state index >= 15 is 0 Å². The van der Waals surface area contributed by atoms with Crippen molar-refractivity contribution in [3.05, 3.63) is 69.4 Å². The first-order valence-corrected chi connectivity index (χ1v) is 12.6. The van der Waals surface area contributed by atoms with Crippen LogP contribution in [-0.2, 0) is 24.6 Å². The molecule has 184 valence electrons. The fourth-order valence-electron chi connectivity index (χ4n) is 2.74. The molecule has 2 aromatic heterocycles. The monoisotopic (exact) mass is 501 g/mol. The van der Waals surface area contributed by atoms with Crippen LogP contribution in [0.4, 0.5) is 0 Å². The van der Waals surface area contributed by atoms with Crippen LogP contribution in [0, 0.1) is 10.1 Å². The van der Waals surface area contributed by atoms with Gasteiger partial charge in [-0.1, -0.05) is 0 Å². The second-order valence-electron chi connectivity index (χ2n) is 7.15. The van der Waals surface area contributed by atoms with Gasteiger partial charge in [0.25, 0.3) is 6.20 Å². The van der Waals surface area contributed by atoms with E-state index in [1.807, 2.05) is 24.3 Å². The quantitative estimate of drug-likeness (QED) is 0.144. The SMILES string of the molecule is CN(O)Cc1ccc(CSCCNC(=C[N+](=O)[O-])NCCSCc2ccc(CN(C)O)o2)o1. The molecule has 0 saturated heterocycles. The fourth-order valence-corrected chi connectivity index (χ4v) is 4.24. The lowest BCUT2D eigenvalue weighted by Gasteiger charge is -2.11. The first-order chi connectivity index (χ1) is 15.8. The first-order valence-electron chi connectivity index (χ1n) is 10.3. The largest absolute Gasteiger partial charge is 0.464 e. The Morgan fingerprint density at radius 3 is 1.76 bits per heavy atom. The molecule has 0 aliphatic carbocycles. The zero-order valence-electron chi connectivity index (χ0n) is 18.7. The average molecular weight is 502 g/mol. The highest BCUT2D eigenvalue weighted by atomic mass is 32.2. The molecular weight excluding hydrogens is 470 g/mol. The van der Waals surface area contributed by atoms with Crippen molar-refractivity contribution in [2.75, 3.05) is 38.7 Å². The summed E-state index contributed by atoms with van der Waals surface area (Å²) in [6.45, 7) is 1.78. The predicted molar refractivity (Wildman–Crippen MR) is 127 cm³/mol. The molecule has 0 aromatic carbocycles. The van der Waals surface area contributed by atoms with Gasteiger partial charge in [-0.25, -0.2) is 0 Å². The number of nitrogens with one attached hydrogen (secondary N) is 2. The Morgan fingerprint density at radius 2 is 1.36 bits per heavy atom. The van der Waals surface area contributed by atoms with Gasteiger partial charge in [-0.15, -0.1) is 0 Å². The highest BCUT2D eigenvalue weighted by Gasteiger charge is 2.07. The predicted octanol–water partition coefficient (Wildman–Crippen LogP) is 2.94. The average Bonchev–Trinajstić information content (AvgIpc) is 3.35. The lowest BCUT2D eigenvalue weighted by molar-refractivity contribution is -0.404. The number of furan rings is 2. The van der Waals surface area contributed by atoms with E-state index in [2.05, 4.69) is 10.6 Å². The third-order valence-electron chi connectivity index (χ3n) is 4.05. The summed E-state index contributed by atoms with van der Waals surface area (Å²) < 4.78 is 11.2. The standard InChI is InChI=1S/C20H31N5O6S2/c1-23(26)11-16-3-5-18(30-16)14-32-9-7-21-20(13-25(28)29)22-8-10-33-15-19-6-4-17(31-19)12-24(2)27/h3-6,13,21-22,26-27H,7-12,14-15H2,1-2H3. The van der Waals surface area contributed by atoms with Crippen LogP contribution in [-0.4, -0.2) is 64.2 Å². The van der Waals surface area contributed by atoms with Gasteiger partial charge >= 0.3 is 0 Å². The molecule has 0 amide bonds. The molecule has 0 spiro atoms. The van der Waals surface area contributed by atoms with Crippen molar-refractivity contribution < 1.29 is 24.2 Å². The summed E-state index contributed by atoms with van der Waals surface area (Å²) in [5.41, 5.74) is 0. The number of hydrogen-bond donors (Lipinski definition) is 4. The molecule has 33 heavy (non-hydrogen) atoms. The molecule has 0 unspecified atom stereocenters. The van der Waals surface area contributed by atoms with Gasteiger partial charge in [0.2, 0.25) is 0 Å². The number of hydrogen-bond acceptors (Lipinski definition) is 12. The van der Waals surface area contributed by atoms with Crippen LogP contribution in [0.5, 0.6) is 0 Å². The third kappa shape index (κ3) is 12.0. The lowest BCUT2D eigenvalue weighted by Crippen LogP contribution is -2.30. The molecule has 0 saturated carbocycles. The first kappa shape index (κ1) is 27.1. The minimum Gasteiger partial charge on any atom is -0.464 e. The van der Waals surface area contributed by atoms with Gasteiger partial charge in [0.15, 0.2) is 5.82 Å². The Hall–Kier alpha value is -2.16. The second-order valence-corrected chi connectivity index (χ2v) is 9.36. The summed E-state index contributed by atoms with van der Waals surface area (Å²) in [6.07, 6.45) is 0.934. The molecule has 0 aliphatic rings. The van der Waals surface area contributed by atoms with Crippen molar-refractivity contribution in [2.45, 2.75) is 24.6 Å². The number of rotatable bonds is 17. The number of hydroxylamine groups is 4. The van der Waals surface area contributed by atoms with Crippen LogP contribution >= 0.6 is 23.5 Å². The minimum atomic E-state index is -0.485. The Morgan fingerprint density at radius 1 is 0.939 bits per heavy atom. The summed E-state index contributed by atoms with van der Waals surface area (Å²) in [5.74, 6) is 6.24. The van der Waals surface area contributed by atoms with Crippen molar-refractivity contribution in [1.82, 2.24) is 20.8 Å². The van der Waals surface area contributed by atoms with E-state index in [1.54, 1.807) is 37.6 Å². The number of nitrogens with zero attached hydrogens (tertiary/aromatic N) is 3. The van der Waals surface area contributed by atoms with Gasteiger partial charge in [-0.05, 0) is 24.3 Å². The lowest BCUT2D eigenvalue weighted by atomic mass is 10.4. The van der Waals surface area contributed by atoms with Crippen LogP contribution in [0.3, 0.4) is 0 Å². The highest BCUT2D eigenvalue weighted by molar-refractivity contribution is 7.98. The summed E-state index contributed by atoms with van der Waals surface area (Å²) >= 11 is 3.29. The van der Waals surface area contributed by atoms with Crippen LogP contribution in [0.15, 0.2) is 45.1 Å². The van der Waals surface area contributed by atoms with E-state index in [-0.39, 0.29) is 0 Å². The maximum Gasteiger partial charge on any atom is 0.274 e. The van der Waals surface area contributed by atoms with Crippen LogP contribution in [0.25, 0.3) is 0 Å². The molecule has 0 aliphatic heterocycles. The van der Waals surface area contributed by atoms with Gasteiger partial charge < -0.3 is 29.9 Å². The molecule has 0 atom stereocenters. The van der Waals surface area contributed by atoms with Gasteiger partial charge in [-0.2, -0.15) is 33.7 Å². The van der Waals surface area contributed by atoms with Crippen LogP contribution in [0.2, 0.25) is 0 Å². The minimum absolute atomic E-state index is 0.328. The van der Waals surface area contributed by atoms with Crippen LogP contribution < -0.4 is 10.6 Å². The molecule has 2 rings (SSSR count). The van der Waals surface area contributed by atoms with Gasteiger partial charge in [0.05, 0.1) is 29.5 Å². The summed E-state index contributed by atoms with van der Waals surface area (Å²) in [5, 5.41) is 37.6. The zero-order valence-corrected chi connectivity index (χ0v) is 20.4. The molecule has 0 radical (unpaired) electrons. The zero-order chi connectivity index (χ0) is 24.1. The third-order valence-corrected chi connectivity index (χ3v) is 6.01. The number of nitro groups is 1. The fraction of sp³-hybridized carbons (Fsp3) is 0.500. The number of thioether (sulfide) groups is 2. The van der Waals surface area contributed by atoms with Crippen molar-refractivity contribution >= 4 is 23.5 Å². The Bertz CT molecular complexity index is 811. The van der Waals surface area contributed by atoms with Crippen molar-refractivity contribution in [3.8, 4) is 0 Å². The Kier molecular flexibility index (Phi) is 12.2. The highest BCUT2D eigenvalue weighted by Crippen LogP contribution is 2.17. The molecular formula is C20H31N5O6S2. The van der Waals surface area contributed by atoms with Crippen molar-refractivity contribution in [1.29, 1.82) is 0 Å². The maximum atomic E-state index is 10.9. The van der Waals surface area contributed by atoms with Gasteiger partial charge in [-0.3, -0.25) is 10.1 Å². The second kappa shape index (κ2) is 14.9. The van der Waals surface area contributed by atoms with Gasteiger partial charge in [0, 0.05) is 38.7 Å². The van der Waals surface area contributed by atoms with E-state index in [0.717, 1.165) is 39.4 Å². The molecule has 13 heteroatoms. The van der Waals surface area contributed by atoms with E-state index in [4.69, 9.17) is 8.83 Å². The molecule has 0 fully saturated rings. The van der Waals surface area contributed by atoms with Crippen LogP contribution in [0.1, 0.15) is 23.0 Å². The summed E-state index contributed by atoms with van der Waals surface area (Å²) in [7, 11) is 3.11. The summed E-state index contributed by atoms with van der Waals surface area (Å²) in [4.78, 5) is 10.4. The van der Waals surface area contributed by atoms with Crippen molar-refractivity contribution in [2.24, 2.45) is 0 Å². The summed E-state index contributed by atoms with van der Waals surface area (Å²) in [6, 6.07) is 7.43. The normalized spacial score (nSPS) is 11.2. The Labute approximate surface area is 201 Å². The van der Waals surface area contributed by atoms with Gasteiger partial charge in [0.1, 0.15) is 23.0 Å². The van der Waals surface area contributed by atoms with E-state index < -0.39 is 4.92 Å². The topological polar surface area (TPSA) is 140 Å². The van der Waals surface area contributed by atoms with E-state index in [0.29, 0.717) is 55.0 Å². The Balaban J connectivity index is 1.61. The molecule has 2 heterocycles. The van der Waals surface area contributed by atoms with E-state index in [1.165, 1.54) is 0 Å². The van der Waals surface area contributed by atoms with Crippen molar-refractivity contribution in [3.63, 3.8) is 0 Å².